The molecule has 0 aliphatic heterocycles. The Morgan fingerprint density at radius 1 is 1.12 bits per heavy atom. The molecule has 88 valence electrons. The van der Waals surface area contributed by atoms with Gasteiger partial charge in [-0.25, -0.2) is 0 Å². The van der Waals surface area contributed by atoms with Gasteiger partial charge in [0, 0.05) is 0 Å². The molecule has 1 aromatic carbocycles. The first kappa shape index (κ1) is 13.3. The first-order valence-electron chi connectivity index (χ1n) is 6.07. The van der Waals surface area contributed by atoms with Crippen LogP contribution in [-0.4, -0.2) is 24.5 Å². The van der Waals surface area contributed by atoms with Gasteiger partial charge in [0.2, 0.25) is 0 Å². The Balaban J connectivity index is 2.25. The van der Waals surface area contributed by atoms with Crippen LogP contribution in [0.15, 0.2) is 54.0 Å². The summed E-state index contributed by atoms with van der Waals surface area (Å²) in [5, 5.41) is 0. The molecule has 0 N–H and O–H groups in total. The van der Waals surface area contributed by atoms with E-state index in [1.54, 1.807) is 0 Å². The average Bonchev–Trinajstić information content (AvgIpc) is 2.78. The van der Waals surface area contributed by atoms with E-state index in [9.17, 15) is 0 Å². The van der Waals surface area contributed by atoms with Crippen molar-refractivity contribution in [3.63, 3.8) is 0 Å². The summed E-state index contributed by atoms with van der Waals surface area (Å²) in [4.78, 5) is 7.41. The number of halogens is 1. The van der Waals surface area contributed by atoms with Crippen LogP contribution in [0.2, 0.25) is 18.8 Å². The Kier molecular flexibility index (Phi) is 4.09. The van der Waals surface area contributed by atoms with E-state index in [0.29, 0.717) is 3.93 Å². The van der Waals surface area contributed by atoms with Gasteiger partial charge in [0.05, 0.1) is 0 Å². The van der Waals surface area contributed by atoms with Gasteiger partial charge in [-0.1, -0.05) is 0 Å². The SMILES string of the molecule is [CH3][Sn]([CH3])([CH3])[CH]1C=CC=C1B(Cl)c1ccccc1. The topological polar surface area (TPSA) is 0 Å². The third-order valence-corrected chi connectivity index (χ3v) is 10.6. The van der Waals surface area contributed by atoms with E-state index < -0.39 is 18.4 Å². The number of hydrogen-bond acceptors (Lipinski definition) is 0. The molecule has 0 saturated heterocycles. The quantitative estimate of drug-likeness (QED) is 0.726. The van der Waals surface area contributed by atoms with Crippen LogP contribution in [0.3, 0.4) is 0 Å². The van der Waals surface area contributed by atoms with Crippen LogP contribution in [0.4, 0.5) is 0 Å². The van der Waals surface area contributed by atoms with Crippen molar-refractivity contribution in [3.8, 4) is 0 Å². The number of allylic oxidation sites excluding steroid dienone is 4. The third kappa shape index (κ3) is 3.00. The molecule has 3 heteroatoms. The van der Waals surface area contributed by atoms with E-state index in [2.05, 4.69) is 57.3 Å². The summed E-state index contributed by atoms with van der Waals surface area (Å²) in [5.74, 6) is 0. The van der Waals surface area contributed by atoms with Crippen molar-refractivity contribution in [2.75, 3.05) is 0 Å². The summed E-state index contributed by atoms with van der Waals surface area (Å²) >= 11 is 4.68. The monoisotopic (exact) mass is 352 g/mol. The van der Waals surface area contributed by atoms with Gasteiger partial charge in [-0.3, -0.25) is 0 Å². The fraction of sp³-hybridized carbons (Fsp3) is 0.286. The van der Waals surface area contributed by atoms with Crippen molar-refractivity contribution in [1.29, 1.82) is 0 Å². The van der Waals surface area contributed by atoms with Gasteiger partial charge < -0.3 is 0 Å². The Bertz CT molecular complexity index is 445. The normalized spacial score (nSPS) is 19.3. The predicted molar refractivity (Wildman–Crippen MR) is 82.0 cm³/mol. The summed E-state index contributed by atoms with van der Waals surface area (Å²) in [6.07, 6.45) is 6.79. The summed E-state index contributed by atoms with van der Waals surface area (Å²) < 4.78 is 0.645. The molecule has 1 atom stereocenters. The molecule has 17 heavy (non-hydrogen) atoms. The van der Waals surface area contributed by atoms with E-state index in [1.165, 1.54) is 10.9 Å². The van der Waals surface area contributed by atoms with E-state index >= 15 is 0 Å². The molecule has 1 unspecified atom stereocenters. The van der Waals surface area contributed by atoms with Gasteiger partial charge >= 0.3 is 114 Å². The van der Waals surface area contributed by atoms with Crippen LogP contribution in [0.25, 0.3) is 0 Å². The summed E-state index contributed by atoms with van der Waals surface area (Å²) in [5.41, 5.74) is 2.62. The average molecular weight is 351 g/mol. The van der Waals surface area contributed by atoms with Gasteiger partial charge in [0.25, 0.3) is 0 Å². The molecule has 0 heterocycles. The van der Waals surface area contributed by atoms with Crippen molar-refractivity contribution in [2.24, 2.45) is 0 Å². The number of rotatable bonds is 3. The van der Waals surface area contributed by atoms with E-state index in [4.69, 9.17) is 11.5 Å². The molecule has 1 aliphatic carbocycles. The fourth-order valence-electron chi connectivity index (χ4n) is 2.34. The molecule has 0 bridgehead atoms. The van der Waals surface area contributed by atoms with Gasteiger partial charge in [-0.15, -0.1) is 0 Å². The summed E-state index contributed by atoms with van der Waals surface area (Å²) in [7, 11) is 0. The zero-order chi connectivity index (χ0) is 12.5. The zero-order valence-corrected chi connectivity index (χ0v) is 14.3. The standard InChI is InChI=1S/C11H9BCl.3CH3.Sn/c13-12(11-8-4-5-9-11)10-6-2-1-3-7-10;;;;/h1-9H;3*1H3;. The van der Waals surface area contributed by atoms with Crippen LogP contribution in [0, 0.1) is 0 Å². The second-order valence-electron chi connectivity index (χ2n) is 5.67. The van der Waals surface area contributed by atoms with Crippen molar-refractivity contribution in [2.45, 2.75) is 18.8 Å². The minimum absolute atomic E-state index is 0.0344. The molecule has 0 aromatic heterocycles. The molecule has 0 fully saturated rings. The van der Waals surface area contributed by atoms with Gasteiger partial charge in [0.1, 0.15) is 0 Å². The van der Waals surface area contributed by atoms with Crippen LogP contribution in [-0.2, 0) is 0 Å². The van der Waals surface area contributed by atoms with Crippen LogP contribution in [0.5, 0.6) is 0 Å². The van der Waals surface area contributed by atoms with Crippen molar-refractivity contribution < 1.29 is 0 Å². The van der Waals surface area contributed by atoms with Crippen LogP contribution < -0.4 is 5.46 Å². The Hall–Kier alpha value is -0.146. The van der Waals surface area contributed by atoms with Crippen LogP contribution >= 0.6 is 11.5 Å². The van der Waals surface area contributed by atoms with Crippen molar-refractivity contribution >= 4 is 41.4 Å². The molecule has 1 aromatic rings. The molecule has 0 spiro atoms. The van der Waals surface area contributed by atoms with Crippen molar-refractivity contribution in [1.82, 2.24) is 0 Å². The first-order chi connectivity index (χ1) is 8.00. The minimum atomic E-state index is -1.96. The molecule has 1 aliphatic rings. The fourth-order valence-corrected chi connectivity index (χ4v) is 8.56. The predicted octanol–water partition coefficient (Wildman–Crippen LogP) is 3.87. The molecule has 0 amide bonds. The molecular formula is C14H18BClSn. The van der Waals surface area contributed by atoms with Gasteiger partial charge in [0.15, 0.2) is 0 Å². The Morgan fingerprint density at radius 2 is 1.76 bits per heavy atom. The molecule has 2 rings (SSSR count). The molecule has 0 nitrogen and oxygen atoms in total. The van der Waals surface area contributed by atoms with E-state index in [0.717, 1.165) is 0 Å². The Labute approximate surface area is 114 Å². The summed E-state index contributed by atoms with van der Waals surface area (Å²) in [6.45, 7) is 0. The van der Waals surface area contributed by atoms with Crippen molar-refractivity contribution in [3.05, 3.63) is 54.0 Å². The third-order valence-electron chi connectivity index (χ3n) is 3.27. The van der Waals surface area contributed by atoms with Gasteiger partial charge in [-0.05, 0) is 0 Å². The molecule has 0 saturated carbocycles. The number of hydrogen-bond donors (Lipinski definition) is 0. The molecular weight excluding hydrogens is 333 g/mol. The van der Waals surface area contributed by atoms with Gasteiger partial charge in [-0.2, -0.15) is 0 Å². The van der Waals surface area contributed by atoms with E-state index in [1.807, 2.05) is 6.07 Å². The zero-order valence-electron chi connectivity index (χ0n) is 10.7. The second-order valence-corrected chi connectivity index (χ2v) is 21.4. The maximum absolute atomic E-state index is 6.64. The van der Waals surface area contributed by atoms with Crippen LogP contribution in [0.1, 0.15) is 0 Å². The maximum atomic E-state index is 6.64. The number of benzene rings is 1. The second kappa shape index (κ2) is 5.23. The Morgan fingerprint density at radius 3 is 2.35 bits per heavy atom. The molecule has 0 radical (unpaired) electrons. The van der Waals surface area contributed by atoms with E-state index in [-0.39, 0.29) is 6.13 Å². The summed E-state index contributed by atoms with van der Waals surface area (Å²) in [6, 6.07) is 10.4. The first-order valence-corrected chi connectivity index (χ1v) is 16.7.